The molecule has 0 aliphatic rings. The van der Waals surface area contributed by atoms with E-state index in [9.17, 15) is 27.6 Å². The van der Waals surface area contributed by atoms with Crippen LogP contribution in [0.4, 0.5) is 13.2 Å². The van der Waals surface area contributed by atoms with Crippen molar-refractivity contribution in [2.75, 3.05) is 13.1 Å². The van der Waals surface area contributed by atoms with Crippen LogP contribution in [0.15, 0.2) is 12.3 Å². The van der Waals surface area contributed by atoms with Crippen LogP contribution in [-0.2, 0) is 4.79 Å². The lowest BCUT2D eigenvalue weighted by atomic mass is 10.2. The van der Waals surface area contributed by atoms with Crippen LogP contribution in [0.1, 0.15) is 27.8 Å². The van der Waals surface area contributed by atoms with Crippen molar-refractivity contribution in [3.8, 4) is 0 Å². The summed E-state index contributed by atoms with van der Waals surface area (Å²) in [5, 5.41) is 8.54. The number of Topliss-reactive ketones (excluding diaryl/α,β-unsaturated/α-hetero) is 1. The van der Waals surface area contributed by atoms with E-state index < -0.39 is 31.1 Å². The van der Waals surface area contributed by atoms with Crippen LogP contribution in [-0.4, -0.2) is 51.9 Å². The summed E-state index contributed by atoms with van der Waals surface area (Å²) in [6.07, 6.45) is -3.55. The van der Waals surface area contributed by atoms with Crippen molar-refractivity contribution >= 4 is 17.7 Å². The Morgan fingerprint density at radius 1 is 1.35 bits per heavy atom. The van der Waals surface area contributed by atoms with E-state index in [0.717, 1.165) is 6.07 Å². The average molecular weight is 292 g/mol. The molecule has 0 unspecified atom stereocenters. The smallest absolute Gasteiger partial charge is 0.406 e. The molecule has 0 saturated carbocycles. The number of carbonyl (C=O) groups excluding carboxylic acids is 2. The second-order valence-electron chi connectivity index (χ2n) is 4.03. The van der Waals surface area contributed by atoms with Gasteiger partial charge in [-0.25, -0.2) is 0 Å². The molecule has 1 amide bonds. The Balaban J connectivity index is 2.96. The molecule has 0 fully saturated rings. The van der Waals surface area contributed by atoms with E-state index in [-0.39, 0.29) is 21.9 Å². The number of hydrogen-bond acceptors (Lipinski definition) is 3. The van der Waals surface area contributed by atoms with E-state index in [4.69, 9.17) is 5.11 Å². The lowest BCUT2D eigenvalue weighted by Gasteiger charge is -2.21. The molecule has 0 atom stereocenters. The molecule has 0 aromatic carbocycles. The Hall–Kier alpha value is -2.32. The number of H-pyrrole nitrogens is 1. The molecule has 1 aromatic heterocycles. The number of nitrogens with zero attached hydrogens (tertiary/aromatic N) is 1. The van der Waals surface area contributed by atoms with Crippen molar-refractivity contribution in [3.05, 3.63) is 23.5 Å². The van der Waals surface area contributed by atoms with Gasteiger partial charge >= 0.3 is 12.1 Å². The minimum absolute atomic E-state index is 0.121. The monoisotopic (exact) mass is 292 g/mol. The van der Waals surface area contributed by atoms with Gasteiger partial charge in [0.1, 0.15) is 18.8 Å². The van der Waals surface area contributed by atoms with Gasteiger partial charge < -0.3 is 15.0 Å². The Kier molecular flexibility index (Phi) is 4.53. The molecule has 2 N–H and O–H groups in total. The van der Waals surface area contributed by atoms with Gasteiger partial charge in [0, 0.05) is 11.8 Å². The fourth-order valence-corrected chi connectivity index (χ4v) is 1.47. The van der Waals surface area contributed by atoms with E-state index in [1.807, 2.05) is 0 Å². The molecule has 1 rings (SSSR count). The van der Waals surface area contributed by atoms with E-state index >= 15 is 0 Å². The summed E-state index contributed by atoms with van der Waals surface area (Å²) in [4.78, 5) is 35.9. The normalized spacial score (nSPS) is 11.2. The van der Waals surface area contributed by atoms with Gasteiger partial charge in [-0.1, -0.05) is 0 Å². The standard InChI is InChI=1S/C11H11F3N2O4/c1-6(17)7-2-8(15-3-7)10(20)16(4-9(18)19)5-11(12,13)14/h2-3,15H,4-5H2,1H3,(H,18,19). The van der Waals surface area contributed by atoms with Crippen molar-refractivity contribution in [3.63, 3.8) is 0 Å². The minimum Gasteiger partial charge on any atom is -0.480 e. The summed E-state index contributed by atoms with van der Waals surface area (Å²) in [5.74, 6) is -3.08. The zero-order valence-corrected chi connectivity index (χ0v) is 10.3. The molecule has 0 spiro atoms. The molecule has 0 saturated heterocycles. The maximum Gasteiger partial charge on any atom is 0.406 e. The van der Waals surface area contributed by atoms with Crippen LogP contribution >= 0.6 is 0 Å². The zero-order valence-electron chi connectivity index (χ0n) is 10.3. The maximum atomic E-state index is 12.3. The fourth-order valence-electron chi connectivity index (χ4n) is 1.47. The number of aromatic nitrogens is 1. The van der Waals surface area contributed by atoms with Crippen LogP contribution in [0.25, 0.3) is 0 Å². The molecule has 1 aromatic rings. The Morgan fingerprint density at radius 3 is 2.35 bits per heavy atom. The largest absolute Gasteiger partial charge is 0.480 e. The number of carbonyl (C=O) groups is 3. The summed E-state index contributed by atoms with van der Waals surface area (Å²) >= 11 is 0. The third kappa shape index (κ3) is 4.41. The fraction of sp³-hybridized carbons (Fsp3) is 0.364. The molecule has 0 aliphatic heterocycles. The van der Waals surface area contributed by atoms with Gasteiger partial charge in [-0.15, -0.1) is 0 Å². The van der Waals surface area contributed by atoms with E-state index in [2.05, 4.69) is 4.98 Å². The quantitative estimate of drug-likeness (QED) is 0.800. The van der Waals surface area contributed by atoms with Crippen LogP contribution in [0.2, 0.25) is 0 Å². The highest BCUT2D eigenvalue weighted by molar-refractivity contribution is 5.99. The first-order chi connectivity index (χ1) is 9.10. The Morgan fingerprint density at radius 2 is 1.95 bits per heavy atom. The molecule has 9 heteroatoms. The predicted molar refractivity (Wildman–Crippen MR) is 60.4 cm³/mol. The molecule has 0 aliphatic carbocycles. The van der Waals surface area contributed by atoms with Gasteiger partial charge in [0.2, 0.25) is 0 Å². The van der Waals surface area contributed by atoms with Crippen LogP contribution in [0.3, 0.4) is 0 Å². The number of ketones is 1. The maximum absolute atomic E-state index is 12.3. The van der Waals surface area contributed by atoms with Gasteiger partial charge in [-0.2, -0.15) is 13.2 Å². The predicted octanol–water partition coefficient (Wildman–Crippen LogP) is 1.31. The highest BCUT2D eigenvalue weighted by Gasteiger charge is 2.34. The van der Waals surface area contributed by atoms with Crippen molar-refractivity contribution < 1.29 is 32.7 Å². The molecule has 6 nitrogen and oxygen atoms in total. The van der Waals surface area contributed by atoms with Gasteiger partial charge in [0.15, 0.2) is 5.78 Å². The molecule has 110 valence electrons. The number of hydrogen-bond donors (Lipinski definition) is 2. The molecule has 0 radical (unpaired) electrons. The number of nitrogens with one attached hydrogen (secondary N) is 1. The second-order valence-corrected chi connectivity index (χ2v) is 4.03. The van der Waals surface area contributed by atoms with Crippen molar-refractivity contribution in [1.29, 1.82) is 0 Å². The van der Waals surface area contributed by atoms with Crippen molar-refractivity contribution in [1.82, 2.24) is 9.88 Å². The van der Waals surface area contributed by atoms with Crippen LogP contribution < -0.4 is 0 Å². The van der Waals surface area contributed by atoms with Gasteiger partial charge in [0.25, 0.3) is 5.91 Å². The highest BCUT2D eigenvalue weighted by Crippen LogP contribution is 2.18. The third-order valence-electron chi connectivity index (χ3n) is 2.30. The summed E-state index contributed by atoms with van der Waals surface area (Å²) in [6.45, 7) is -1.55. The first kappa shape index (κ1) is 15.7. The molecule has 0 bridgehead atoms. The number of carboxylic acid groups (broad SMARTS) is 1. The van der Waals surface area contributed by atoms with Gasteiger partial charge in [-0.3, -0.25) is 14.4 Å². The number of alkyl halides is 3. The van der Waals surface area contributed by atoms with Gasteiger partial charge in [0.05, 0.1) is 0 Å². The number of amides is 1. The van der Waals surface area contributed by atoms with Crippen LogP contribution in [0, 0.1) is 0 Å². The third-order valence-corrected chi connectivity index (χ3v) is 2.30. The number of rotatable bonds is 5. The number of carboxylic acids is 1. The summed E-state index contributed by atoms with van der Waals surface area (Å²) in [5.41, 5.74) is -0.156. The first-order valence-electron chi connectivity index (χ1n) is 5.37. The molecular formula is C11H11F3N2O4. The van der Waals surface area contributed by atoms with E-state index in [1.165, 1.54) is 13.1 Å². The number of aromatic amines is 1. The SMILES string of the molecule is CC(=O)c1c[nH]c(C(=O)N(CC(=O)O)CC(F)(F)F)c1. The molecular weight excluding hydrogens is 281 g/mol. The van der Waals surface area contributed by atoms with Crippen LogP contribution in [0.5, 0.6) is 0 Å². The zero-order chi connectivity index (χ0) is 15.5. The van der Waals surface area contributed by atoms with E-state index in [0.29, 0.717) is 0 Å². The first-order valence-corrected chi connectivity index (χ1v) is 5.37. The Bertz CT molecular complexity index is 536. The lowest BCUT2D eigenvalue weighted by molar-refractivity contribution is -0.149. The van der Waals surface area contributed by atoms with Crippen molar-refractivity contribution in [2.24, 2.45) is 0 Å². The summed E-state index contributed by atoms with van der Waals surface area (Å²) in [7, 11) is 0. The second kappa shape index (κ2) is 5.76. The number of aliphatic carboxylic acids is 1. The van der Waals surface area contributed by atoms with E-state index in [1.54, 1.807) is 0 Å². The topological polar surface area (TPSA) is 90.5 Å². The summed E-state index contributed by atoms with van der Waals surface area (Å²) < 4.78 is 36.9. The molecule has 20 heavy (non-hydrogen) atoms. The number of halogens is 3. The average Bonchev–Trinajstić information content (AvgIpc) is 2.73. The molecule has 1 heterocycles. The minimum atomic E-state index is -4.72. The highest BCUT2D eigenvalue weighted by atomic mass is 19.4. The lowest BCUT2D eigenvalue weighted by Crippen LogP contribution is -2.42. The van der Waals surface area contributed by atoms with Crippen molar-refractivity contribution in [2.45, 2.75) is 13.1 Å². The Labute approximate surface area is 111 Å². The van der Waals surface area contributed by atoms with Gasteiger partial charge in [-0.05, 0) is 13.0 Å². The summed E-state index contributed by atoms with van der Waals surface area (Å²) in [6, 6.07) is 1.08.